The lowest BCUT2D eigenvalue weighted by Crippen LogP contribution is -2.15. The molecule has 3 aromatic carbocycles. The van der Waals surface area contributed by atoms with Crippen LogP contribution in [0, 0.1) is 5.82 Å². The quantitative estimate of drug-likeness (QED) is 0.683. The zero-order valence-corrected chi connectivity index (χ0v) is 15.9. The van der Waals surface area contributed by atoms with Crippen molar-refractivity contribution in [1.82, 2.24) is 0 Å². The van der Waals surface area contributed by atoms with E-state index in [9.17, 15) is 17.6 Å². The number of anilines is 1. The van der Waals surface area contributed by atoms with Crippen LogP contribution >= 0.6 is 0 Å². The van der Waals surface area contributed by atoms with E-state index in [0.717, 1.165) is 0 Å². The third-order valence-electron chi connectivity index (χ3n) is 4.04. The van der Waals surface area contributed by atoms with Gasteiger partial charge in [-0.3, -0.25) is 4.79 Å². The number of nitrogens with one attached hydrogen (secondary N) is 1. The van der Waals surface area contributed by atoms with Gasteiger partial charge >= 0.3 is 0 Å². The smallest absolute Gasteiger partial charge is 0.228 e. The number of methoxy groups -OCH3 is 1. The minimum Gasteiger partial charge on any atom is -0.497 e. The van der Waals surface area contributed by atoms with Crippen LogP contribution in [0.1, 0.15) is 5.56 Å². The van der Waals surface area contributed by atoms with Crippen molar-refractivity contribution in [3.63, 3.8) is 0 Å². The molecule has 1 N–H and O–H groups in total. The first-order valence-corrected chi connectivity index (χ1v) is 9.90. The van der Waals surface area contributed by atoms with Gasteiger partial charge in [0.2, 0.25) is 15.7 Å². The molecule has 3 aromatic rings. The fourth-order valence-corrected chi connectivity index (χ4v) is 3.99. The molecule has 1 amide bonds. The summed E-state index contributed by atoms with van der Waals surface area (Å²) in [4.78, 5) is 12.5. The summed E-state index contributed by atoms with van der Waals surface area (Å²) in [7, 11) is -2.35. The summed E-state index contributed by atoms with van der Waals surface area (Å²) in [5.41, 5.74) is 0.930. The average molecular weight is 399 g/mol. The molecule has 0 spiro atoms. The molecule has 0 aromatic heterocycles. The molecule has 0 fully saturated rings. The molecule has 3 rings (SSSR count). The predicted octanol–water partition coefficient (Wildman–Crippen LogP) is 3.85. The standard InChI is InChI=1S/C21H18FNO4S/c1-27-18-12-17(23-21(24)11-15-7-9-16(22)10-8-15)13-20(14-18)28(25,26)19-5-3-2-4-6-19/h2-10,12-14H,11H2,1H3,(H,23,24). The number of hydrogen-bond donors (Lipinski definition) is 1. The van der Waals surface area contributed by atoms with E-state index in [0.29, 0.717) is 17.0 Å². The molecule has 0 aliphatic heterocycles. The Kier molecular flexibility index (Phi) is 5.75. The Labute approximate surface area is 162 Å². The molecule has 5 nitrogen and oxygen atoms in total. The molecule has 0 saturated heterocycles. The molecule has 7 heteroatoms. The maximum absolute atomic E-state index is 13.0. The molecular weight excluding hydrogens is 381 g/mol. The van der Waals surface area contributed by atoms with Crippen molar-refractivity contribution in [2.45, 2.75) is 16.2 Å². The fraction of sp³-hybridized carbons (Fsp3) is 0.0952. The predicted molar refractivity (Wildman–Crippen MR) is 104 cm³/mol. The summed E-state index contributed by atoms with van der Waals surface area (Å²) in [6, 6.07) is 17.9. The van der Waals surface area contributed by atoms with E-state index in [2.05, 4.69) is 5.32 Å². The zero-order chi connectivity index (χ0) is 20.1. The van der Waals surface area contributed by atoms with Gasteiger partial charge in [-0.1, -0.05) is 30.3 Å². The second kappa shape index (κ2) is 8.22. The van der Waals surface area contributed by atoms with Gasteiger partial charge in [0.15, 0.2) is 0 Å². The molecule has 144 valence electrons. The zero-order valence-electron chi connectivity index (χ0n) is 15.1. The van der Waals surface area contributed by atoms with Gasteiger partial charge < -0.3 is 10.1 Å². The average Bonchev–Trinajstić information content (AvgIpc) is 2.70. The highest BCUT2D eigenvalue weighted by Gasteiger charge is 2.19. The summed E-state index contributed by atoms with van der Waals surface area (Å²) in [6.07, 6.45) is 0.0260. The van der Waals surface area contributed by atoms with Crippen LogP contribution in [-0.2, 0) is 21.1 Å². The van der Waals surface area contributed by atoms with Crippen LogP contribution < -0.4 is 10.1 Å². The number of ether oxygens (including phenoxy) is 1. The molecule has 0 aliphatic rings. The fourth-order valence-electron chi connectivity index (χ4n) is 2.65. The molecular formula is C21H18FNO4S. The van der Waals surface area contributed by atoms with Crippen LogP contribution in [0.4, 0.5) is 10.1 Å². The number of carbonyl (C=O) groups is 1. The summed E-state index contributed by atoms with van der Waals surface area (Å²) in [5, 5.41) is 2.67. The minimum atomic E-state index is -3.77. The van der Waals surface area contributed by atoms with Gasteiger partial charge in [-0.2, -0.15) is 0 Å². The monoisotopic (exact) mass is 399 g/mol. The Hall–Kier alpha value is -3.19. The Morgan fingerprint density at radius 2 is 1.64 bits per heavy atom. The van der Waals surface area contributed by atoms with Crippen LogP contribution in [0.25, 0.3) is 0 Å². The minimum absolute atomic E-state index is 0.00938. The van der Waals surface area contributed by atoms with Crippen molar-refractivity contribution >= 4 is 21.4 Å². The third-order valence-corrected chi connectivity index (χ3v) is 5.79. The van der Waals surface area contributed by atoms with Crippen LogP contribution in [-0.4, -0.2) is 21.4 Å². The lowest BCUT2D eigenvalue weighted by Gasteiger charge is -2.11. The Bertz CT molecular complexity index is 1080. The molecule has 0 atom stereocenters. The summed E-state index contributed by atoms with van der Waals surface area (Å²) in [6.45, 7) is 0. The van der Waals surface area contributed by atoms with E-state index in [1.54, 1.807) is 18.2 Å². The van der Waals surface area contributed by atoms with Crippen molar-refractivity contribution < 1.29 is 22.3 Å². The van der Waals surface area contributed by atoms with Gasteiger partial charge in [0.05, 0.1) is 23.3 Å². The first kappa shape index (κ1) is 19.6. The van der Waals surface area contributed by atoms with Gasteiger partial charge in [-0.05, 0) is 42.0 Å². The number of hydrogen-bond acceptors (Lipinski definition) is 4. The third kappa shape index (κ3) is 4.55. The van der Waals surface area contributed by atoms with Crippen molar-refractivity contribution in [1.29, 1.82) is 0 Å². The highest BCUT2D eigenvalue weighted by atomic mass is 32.2. The molecule has 28 heavy (non-hydrogen) atoms. The van der Waals surface area contributed by atoms with Crippen LogP contribution in [0.5, 0.6) is 5.75 Å². The molecule has 0 radical (unpaired) electrons. The van der Waals surface area contributed by atoms with Gasteiger partial charge in [0.25, 0.3) is 0 Å². The molecule has 0 aliphatic carbocycles. The van der Waals surface area contributed by atoms with Crippen LogP contribution in [0.3, 0.4) is 0 Å². The molecule has 0 heterocycles. The van der Waals surface area contributed by atoms with Gasteiger partial charge in [0.1, 0.15) is 11.6 Å². The number of carbonyl (C=O) groups excluding carboxylic acids is 1. The summed E-state index contributed by atoms with van der Waals surface area (Å²) < 4.78 is 43.9. The summed E-state index contributed by atoms with van der Waals surface area (Å²) in [5.74, 6) is -0.440. The van der Waals surface area contributed by atoms with Crippen LogP contribution in [0.15, 0.2) is 82.6 Å². The van der Waals surface area contributed by atoms with E-state index in [4.69, 9.17) is 4.74 Å². The molecule has 0 bridgehead atoms. The molecule has 0 saturated carbocycles. The Morgan fingerprint density at radius 3 is 2.29 bits per heavy atom. The van der Waals surface area contributed by atoms with Gasteiger partial charge in [-0.25, -0.2) is 12.8 Å². The Balaban J connectivity index is 1.87. The number of halogens is 1. The maximum atomic E-state index is 13.0. The maximum Gasteiger partial charge on any atom is 0.228 e. The first-order valence-electron chi connectivity index (χ1n) is 8.42. The Morgan fingerprint density at radius 1 is 0.964 bits per heavy atom. The summed E-state index contributed by atoms with van der Waals surface area (Å²) >= 11 is 0. The van der Waals surface area contributed by atoms with E-state index in [-0.39, 0.29) is 27.9 Å². The van der Waals surface area contributed by atoms with Crippen molar-refractivity contribution in [3.8, 4) is 5.75 Å². The van der Waals surface area contributed by atoms with E-state index >= 15 is 0 Å². The number of benzene rings is 3. The number of amides is 1. The normalized spacial score (nSPS) is 11.1. The van der Waals surface area contributed by atoms with E-state index in [1.807, 2.05) is 0 Å². The highest BCUT2D eigenvalue weighted by molar-refractivity contribution is 7.91. The van der Waals surface area contributed by atoms with Crippen molar-refractivity contribution in [2.24, 2.45) is 0 Å². The SMILES string of the molecule is COc1cc(NC(=O)Cc2ccc(F)cc2)cc(S(=O)(=O)c2ccccc2)c1. The lowest BCUT2D eigenvalue weighted by molar-refractivity contribution is -0.115. The highest BCUT2D eigenvalue weighted by Crippen LogP contribution is 2.28. The van der Waals surface area contributed by atoms with Gasteiger partial charge in [-0.15, -0.1) is 0 Å². The van der Waals surface area contributed by atoms with Crippen molar-refractivity contribution in [2.75, 3.05) is 12.4 Å². The van der Waals surface area contributed by atoms with Crippen LogP contribution in [0.2, 0.25) is 0 Å². The van der Waals surface area contributed by atoms with Crippen molar-refractivity contribution in [3.05, 3.63) is 84.2 Å². The second-order valence-electron chi connectivity index (χ2n) is 6.07. The second-order valence-corrected chi connectivity index (χ2v) is 8.01. The van der Waals surface area contributed by atoms with Gasteiger partial charge in [0, 0.05) is 11.8 Å². The van der Waals surface area contributed by atoms with E-state index < -0.39 is 9.84 Å². The largest absolute Gasteiger partial charge is 0.497 e. The topological polar surface area (TPSA) is 72.5 Å². The lowest BCUT2D eigenvalue weighted by atomic mass is 10.1. The number of sulfone groups is 1. The first-order chi connectivity index (χ1) is 13.4. The number of rotatable bonds is 6. The van der Waals surface area contributed by atoms with E-state index in [1.165, 1.54) is 61.7 Å². The molecule has 0 unspecified atom stereocenters.